The van der Waals surface area contributed by atoms with Crippen LogP contribution in [0.25, 0.3) is 17.0 Å². The lowest BCUT2D eigenvalue weighted by Gasteiger charge is -1.92. The quantitative estimate of drug-likeness (QED) is 0.557. The molecule has 0 spiro atoms. The number of rotatable bonds is 0. The second kappa shape index (κ2) is 2.45. The number of hydrogen-bond donors (Lipinski definition) is 0. The van der Waals surface area contributed by atoms with E-state index in [0.717, 1.165) is 16.1 Å². The van der Waals surface area contributed by atoms with Crippen LogP contribution in [-0.4, -0.2) is 15.9 Å². The molecule has 1 amide bonds. The third-order valence-corrected chi connectivity index (χ3v) is 2.16. The van der Waals surface area contributed by atoms with Crippen molar-refractivity contribution in [3.05, 3.63) is 35.2 Å². The third kappa shape index (κ3) is 0.939. The van der Waals surface area contributed by atoms with E-state index in [9.17, 15) is 4.79 Å². The Labute approximate surface area is 78.6 Å². The molecule has 1 aliphatic heterocycles. The monoisotopic (exact) mass is 183 g/mol. The first-order chi connectivity index (χ1) is 6.83. The molecular weight excluding hydrogens is 178 g/mol. The standard InChI is InChI=1S/C10H5N3O/c14-10-2-6-1-7-4-11-5-12-8(7)3-9(6)13-10/h1-5H. The summed E-state index contributed by atoms with van der Waals surface area (Å²) >= 11 is 0. The molecule has 0 N–H and O–H groups in total. The van der Waals surface area contributed by atoms with E-state index in [0.29, 0.717) is 5.36 Å². The molecule has 14 heavy (non-hydrogen) atoms. The van der Waals surface area contributed by atoms with E-state index in [2.05, 4.69) is 15.0 Å². The molecule has 0 bridgehead atoms. The number of amides is 1. The summed E-state index contributed by atoms with van der Waals surface area (Å²) in [7, 11) is 0. The van der Waals surface area contributed by atoms with Crippen molar-refractivity contribution in [2.24, 2.45) is 4.99 Å². The third-order valence-electron chi connectivity index (χ3n) is 2.16. The van der Waals surface area contributed by atoms with E-state index in [-0.39, 0.29) is 5.91 Å². The molecule has 1 aliphatic rings. The highest BCUT2D eigenvalue weighted by Crippen LogP contribution is 2.03. The first-order valence-corrected chi connectivity index (χ1v) is 4.17. The largest absolute Gasteiger partial charge is 0.270 e. The van der Waals surface area contributed by atoms with Crippen LogP contribution in [-0.2, 0) is 4.79 Å². The summed E-state index contributed by atoms with van der Waals surface area (Å²) in [6.07, 6.45) is 4.72. The number of carbonyl (C=O) groups excluding carboxylic acids is 1. The van der Waals surface area contributed by atoms with Gasteiger partial charge in [-0.2, -0.15) is 0 Å². The Kier molecular flexibility index (Phi) is 1.28. The average Bonchev–Trinajstić information content (AvgIpc) is 2.53. The fourth-order valence-corrected chi connectivity index (χ4v) is 1.53. The Morgan fingerprint density at radius 1 is 1.21 bits per heavy atom. The second-order valence-electron chi connectivity index (χ2n) is 3.09. The van der Waals surface area contributed by atoms with Crippen LogP contribution in [0.4, 0.5) is 0 Å². The smallest absolute Gasteiger partial charge is 0.267 e. The maximum Gasteiger partial charge on any atom is 0.270 e. The number of benzene rings is 1. The van der Waals surface area contributed by atoms with E-state index in [4.69, 9.17) is 0 Å². The highest BCUT2D eigenvalue weighted by molar-refractivity contribution is 6.06. The van der Waals surface area contributed by atoms with Crippen molar-refractivity contribution in [1.29, 1.82) is 0 Å². The molecule has 66 valence electrons. The summed E-state index contributed by atoms with van der Waals surface area (Å²) < 4.78 is 0. The maximum atomic E-state index is 11.0. The Balaban J connectivity index is 2.56. The Hall–Kier alpha value is -2.10. The predicted molar refractivity (Wildman–Crippen MR) is 49.8 cm³/mol. The van der Waals surface area contributed by atoms with Gasteiger partial charge in [-0.1, -0.05) is 0 Å². The lowest BCUT2D eigenvalue weighted by Crippen LogP contribution is -2.20. The van der Waals surface area contributed by atoms with Gasteiger partial charge in [0.1, 0.15) is 6.33 Å². The zero-order valence-corrected chi connectivity index (χ0v) is 7.14. The maximum absolute atomic E-state index is 11.0. The van der Waals surface area contributed by atoms with Gasteiger partial charge < -0.3 is 0 Å². The van der Waals surface area contributed by atoms with Gasteiger partial charge in [0.15, 0.2) is 0 Å². The van der Waals surface area contributed by atoms with Crippen LogP contribution < -0.4 is 10.6 Å². The molecule has 3 rings (SSSR count). The molecule has 1 aromatic carbocycles. The summed E-state index contributed by atoms with van der Waals surface area (Å²) in [6.45, 7) is 0. The number of nitrogens with zero attached hydrogens (tertiary/aromatic N) is 3. The van der Waals surface area contributed by atoms with Crippen LogP contribution in [0.15, 0.2) is 29.6 Å². The molecule has 0 atom stereocenters. The first kappa shape index (κ1) is 7.32. The molecule has 2 aromatic rings. The molecule has 0 aliphatic carbocycles. The summed E-state index contributed by atoms with van der Waals surface area (Å²) in [5.41, 5.74) is 0.811. The van der Waals surface area contributed by atoms with Crippen molar-refractivity contribution < 1.29 is 4.79 Å². The minimum Gasteiger partial charge on any atom is -0.267 e. The van der Waals surface area contributed by atoms with Crippen LogP contribution in [0.2, 0.25) is 0 Å². The zero-order chi connectivity index (χ0) is 9.54. The van der Waals surface area contributed by atoms with Crippen LogP contribution in [0, 0.1) is 0 Å². The SMILES string of the molecule is O=C1C=c2cc3cncnc3cc2=N1. The summed E-state index contributed by atoms with van der Waals surface area (Å²) in [5.74, 6) is -0.205. The van der Waals surface area contributed by atoms with Crippen molar-refractivity contribution in [3.8, 4) is 0 Å². The number of fused-ring (bicyclic) bond motifs is 2. The summed E-state index contributed by atoms with van der Waals surface area (Å²) in [5, 5.41) is 2.46. The summed E-state index contributed by atoms with van der Waals surface area (Å²) in [6, 6.07) is 3.67. The van der Waals surface area contributed by atoms with E-state index in [1.807, 2.05) is 6.07 Å². The van der Waals surface area contributed by atoms with Gasteiger partial charge in [-0.15, -0.1) is 0 Å². The Morgan fingerprint density at radius 2 is 2.14 bits per heavy atom. The van der Waals surface area contributed by atoms with Crippen LogP contribution in [0.1, 0.15) is 0 Å². The molecule has 4 heteroatoms. The van der Waals surface area contributed by atoms with E-state index >= 15 is 0 Å². The Bertz CT molecular complexity index is 604. The molecule has 0 radical (unpaired) electrons. The van der Waals surface area contributed by atoms with Gasteiger partial charge >= 0.3 is 0 Å². The fraction of sp³-hybridized carbons (Fsp3) is 0. The van der Waals surface area contributed by atoms with Crippen molar-refractivity contribution in [1.82, 2.24) is 9.97 Å². The molecular formula is C10H5N3O. The minimum absolute atomic E-state index is 0.205. The highest BCUT2D eigenvalue weighted by atomic mass is 16.1. The van der Waals surface area contributed by atoms with Gasteiger partial charge in [-0.3, -0.25) is 4.79 Å². The first-order valence-electron chi connectivity index (χ1n) is 4.17. The second-order valence-corrected chi connectivity index (χ2v) is 3.09. The molecule has 0 saturated carbocycles. The molecule has 1 aromatic heterocycles. The van der Waals surface area contributed by atoms with Crippen molar-refractivity contribution in [2.45, 2.75) is 0 Å². The van der Waals surface area contributed by atoms with Gasteiger partial charge in [0.2, 0.25) is 0 Å². The number of hydrogen-bond acceptors (Lipinski definition) is 3. The van der Waals surface area contributed by atoms with Crippen LogP contribution in [0.5, 0.6) is 0 Å². The topological polar surface area (TPSA) is 55.2 Å². The highest BCUT2D eigenvalue weighted by Gasteiger charge is 2.04. The normalized spacial score (nSPS) is 13.6. The zero-order valence-electron chi connectivity index (χ0n) is 7.14. The average molecular weight is 183 g/mol. The lowest BCUT2D eigenvalue weighted by atomic mass is 10.2. The van der Waals surface area contributed by atoms with E-state index < -0.39 is 0 Å². The molecule has 0 fully saturated rings. The number of carbonyl (C=O) groups is 1. The molecule has 2 heterocycles. The predicted octanol–water partition coefficient (Wildman–Crippen LogP) is -0.430. The minimum atomic E-state index is -0.205. The number of aromatic nitrogens is 2. The van der Waals surface area contributed by atoms with Gasteiger partial charge in [0.05, 0.1) is 10.9 Å². The van der Waals surface area contributed by atoms with Gasteiger partial charge in [0.25, 0.3) is 5.91 Å². The van der Waals surface area contributed by atoms with E-state index in [1.54, 1.807) is 12.3 Å². The van der Waals surface area contributed by atoms with Crippen molar-refractivity contribution >= 4 is 22.9 Å². The Morgan fingerprint density at radius 3 is 3.07 bits per heavy atom. The summed E-state index contributed by atoms with van der Waals surface area (Å²) in [4.78, 5) is 22.9. The molecule has 4 nitrogen and oxygen atoms in total. The van der Waals surface area contributed by atoms with Gasteiger partial charge in [-0.25, -0.2) is 15.0 Å². The fourth-order valence-electron chi connectivity index (χ4n) is 1.53. The van der Waals surface area contributed by atoms with Crippen molar-refractivity contribution in [3.63, 3.8) is 0 Å². The lowest BCUT2D eigenvalue weighted by molar-refractivity contribution is -0.112. The van der Waals surface area contributed by atoms with Crippen molar-refractivity contribution in [2.75, 3.05) is 0 Å². The van der Waals surface area contributed by atoms with Gasteiger partial charge in [0, 0.05) is 22.9 Å². The molecule has 0 saturated heterocycles. The van der Waals surface area contributed by atoms with Crippen LogP contribution >= 0.6 is 0 Å². The van der Waals surface area contributed by atoms with E-state index in [1.165, 1.54) is 12.4 Å². The molecule has 0 unspecified atom stereocenters. The van der Waals surface area contributed by atoms with Gasteiger partial charge in [-0.05, 0) is 12.1 Å². The van der Waals surface area contributed by atoms with Crippen LogP contribution in [0.3, 0.4) is 0 Å².